The molecule has 0 bridgehead atoms. The van der Waals surface area contributed by atoms with Gasteiger partial charge in [0.1, 0.15) is 0 Å². The molecule has 0 saturated carbocycles. The van der Waals surface area contributed by atoms with Crippen LogP contribution in [0.25, 0.3) is 0 Å². The van der Waals surface area contributed by atoms with E-state index in [1.165, 1.54) is 58.3 Å². The lowest BCUT2D eigenvalue weighted by molar-refractivity contribution is 0.0413. The van der Waals surface area contributed by atoms with Crippen molar-refractivity contribution in [3.05, 3.63) is 0 Å². The average molecular weight is 240 g/mol. The summed E-state index contributed by atoms with van der Waals surface area (Å²) in [5, 5.41) is 3.50. The Morgan fingerprint density at radius 1 is 1.24 bits per heavy atom. The number of rotatable bonds is 5. The molecule has 2 aliphatic heterocycles. The van der Waals surface area contributed by atoms with Crippen LogP contribution >= 0.6 is 0 Å². The van der Waals surface area contributed by atoms with Gasteiger partial charge in [-0.25, -0.2) is 0 Å². The van der Waals surface area contributed by atoms with Gasteiger partial charge in [0.05, 0.1) is 6.61 Å². The van der Waals surface area contributed by atoms with Crippen molar-refractivity contribution in [2.24, 2.45) is 11.8 Å². The number of nitrogens with zero attached hydrogens (tertiary/aromatic N) is 1. The van der Waals surface area contributed by atoms with E-state index in [0.717, 1.165) is 25.0 Å². The van der Waals surface area contributed by atoms with Gasteiger partial charge in [-0.3, -0.25) is 0 Å². The molecule has 3 heteroatoms. The van der Waals surface area contributed by atoms with Gasteiger partial charge in [-0.2, -0.15) is 0 Å². The van der Waals surface area contributed by atoms with Gasteiger partial charge < -0.3 is 15.0 Å². The van der Waals surface area contributed by atoms with E-state index in [0.29, 0.717) is 0 Å². The molecule has 2 unspecified atom stereocenters. The Bertz CT molecular complexity index is 198. The van der Waals surface area contributed by atoms with Gasteiger partial charge in [0, 0.05) is 13.2 Å². The molecule has 0 aromatic carbocycles. The highest BCUT2D eigenvalue weighted by molar-refractivity contribution is 4.72. The van der Waals surface area contributed by atoms with Gasteiger partial charge in [-0.15, -0.1) is 0 Å². The molecule has 0 radical (unpaired) electrons. The molecular formula is C14H28N2O. The van der Waals surface area contributed by atoms with Gasteiger partial charge in [-0.1, -0.05) is 0 Å². The summed E-state index contributed by atoms with van der Waals surface area (Å²) in [5.74, 6) is 1.69. The molecule has 100 valence electrons. The average Bonchev–Trinajstić information content (AvgIpc) is 2.39. The highest BCUT2D eigenvalue weighted by Gasteiger charge is 2.17. The lowest BCUT2D eigenvalue weighted by Crippen LogP contribution is -2.35. The van der Waals surface area contributed by atoms with Crippen LogP contribution in [-0.4, -0.2) is 51.3 Å². The first kappa shape index (κ1) is 13.3. The molecule has 2 heterocycles. The van der Waals surface area contributed by atoms with Crippen LogP contribution in [0.2, 0.25) is 0 Å². The van der Waals surface area contributed by atoms with Crippen LogP contribution in [0.5, 0.6) is 0 Å². The molecule has 0 amide bonds. The van der Waals surface area contributed by atoms with E-state index >= 15 is 0 Å². The second-order valence-electron chi connectivity index (χ2n) is 5.85. The van der Waals surface area contributed by atoms with Gasteiger partial charge in [0.25, 0.3) is 0 Å². The number of nitrogens with one attached hydrogen (secondary N) is 1. The van der Waals surface area contributed by atoms with E-state index in [1.807, 2.05) is 0 Å². The summed E-state index contributed by atoms with van der Waals surface area (Å²) < 4.78 is 5.54. The van der Waals surface area contributed by atoms with E-state index in [1.54, 1.807) is 0 Å². The standard InChI is InChI=1S/C14H28N2O/c1-16(11-14-5-3-9-17-12-14)8-6-13-4-2-7-15-10-13/h13-15H,2-12H2,1H3. The van der Waals surface area contributed by atoms with E-state index in [4.69, 9.17) is 4.74 Å². The first-order chi connectivity index (χ1) is 8.34. The molecule has 2 fully saturated rings. The Morgan fingerprint density at radius 3 is 2.82 bits per heavy atom. The maximum Gasteiger partial charge on any atom is 0.0506 e. The van der Waals surface area contributed by atoms with E-state index in [9.17, 15) is 0 Å². The van der Waals surface area contributed by atoms with Crippen LogP contribution in [0.4, 0.5) is 0 Å². The van der Waals surface area contributed by atoms with E-state index in [-0.39, 0.29) is 0 Å². The number of piperidine rings is 1. The Balaban J connectivity index is 1.57. The van der Waals surface area contributed by atoms with E-state index in [2.05, 4.69) is 17.3 Å². The Kier molecular flexibility index (Phi) is 5.75. The smallest absolute Gasteiger partial charge is 0.0506 e. The predicted octanol–water partition coefficient (Wildman–Crippen LogP) is 1.73. The van der Waals surface area contributed by atoms with Crippen LogP contribution in [0.1, 0.15) is 32.1 Å². The normalized spacial score (nSPS) is 30.7. The maximum atomic E-state index is 5.54. The summed E-state index contributed by atoms with van der Waals surface area (Å²) in [6.45, 7) is 6.90. The SMILES string of the molecule is CN(CCC1CCCNC1)CC1CCCOC1. The third kappa shape index (κ3) is 4.94. The van der Waals surface area contributed by atoms with Crippen molar-refractivity contribution in [1.82, 2.24) is 10.2 Å². The molecule has 0 aliphatic carbocycles. The molecular weight excluding hydrogens is 212 g/mol. The largest absolute Gasteiger partial charge is 0.381 e. The predicted molar refractivity (Wildman–Crippen MR) is 71.3 cm³/mol. The lowest BCUT2D eigenvalue weighted by Gasteiger charge is -2.29. The van der Waals surface area contributed by atoms with Crippen molar-refractivity contribution in [2.75, 3.05) is 46.4 Å². The summed E-state index contributed by atoms with van der Waals surface area (Å²) in [6.07, 6.45) is 6.76. The second kappa shape index (κ2) is 7.34. The zero-order valence-corrected chi connectivity index (χ0v) is 11.3. The molecule has 0 spiro atoms. The van der Waals surface area contributed by atoms with Crippen LogP contribution in [-0.2, 0) is 4.74 Å². The van der Waals surface area contributed by atoms with Crippen molar-refractivity contribution in [3.63, 3.8) is 0 Å². The van der Waals surface area contributed by atoms with Crippen molar-refractivity contribution < 1.29 is 4.74 Å². The van der Waals surface area contributed by atoms with Crippen molar-refractivity contribution in [1.29, 1.82) is 0 Å². The molecule has 17 heavy (non-hydrogen) atoms. The number of ether oxygens (including phenoxy) is 1. The summed E-state index contributed by atoms with van der Waals surface area (Å²) in [7, 11) is 2.27. The zero-order valence-electron chi connectivity index (χ0n) is 11.3. The quantitative estimate of drug-likeness (QED) is 0.792. The Hall–Kier alpha value is -0.120. The van der Waals surface area contributed by atoms with Gasteiger partial charge >= 0.3 is 0 Å². The minimum absolute atomic E-state index is 0.776. The van der Waals surface area contributed by atoms with Crippen LogP contribution < -0.4 is 5.32 Å². The highest BCUT2D eigenvalue weighted by Crippen LogP contribution is 2.17. The monoisotopic (exact) mass is 240 g/mol. The first-order valence-electron chi connectivity index (χ1n) is 7.31. The van der Waals surface area contributed by atoms with Crippen LogP contribution in [0, 0.1) is 11.8 Å². The number of hydrogen-bond donors (Lipinski definition) is 1. The summed E-state index contributed by atoms with van der Waals surface area (Å²) in [4.78, 5) is 2.51. The third-order valence-electron chi connectivity index (χ3n) is 4.14. The molecule has 2 atom stereocenters. The lowest BCUT2D eigenvalue weighted by atomic mass is 9.95. The van der Waals surface area contributed by atoms with Crippen LogP contribution in [0.15, 0.2) is 0 Å². The summed E-state index contributed by atoms with van der Waals surface area (Å²) in [5.41, 5.74) is 0. The van der Waals surface area contributed by atoms with Crippen molar-refractivity contribution in [3.8, 4) is 0 Å². The molecule has 1 N–H and O–H groups in total. The summed E-state index contributed by atoms with van der Waals surface area (Å²) >= 11 is 0. The van der Waals surface area contributed by atoms with Gasteiger partial charge in [0.15, 0.2) is 0 Å². The first-order valence-corrected chi connectivity index (χ1v) is 7.31. The third-order valence-corrected chi connectivity index (χ3v) is 4.14. The molecule has 3 nitrogen and oxygen atoms in total. The Labute approximate surface area is 106 Å². The van der Waals surface area contributed by atoms with Crippen LogP contribution in [0.3, 0.4) is 0 Å². The summed E-state index contributed by atoms with van der Waals surface area (Å²) in [6, 6.07) is 0. The van der Waals surface area contributed by atoms with Crippen molar-refractivity contribution >= 4 is 0 Å². The van der Waals surface area contributed by atoms with E-state index < -0.39 is 0 Å². The fourth-order valence-electron chi connectivity index (χ4n) is 3.06. The molecule has 0 aromatic rings. The second-order valence-corrected chi connectivity index (χ2v) is 5.85. The zero-order chi connectivity index (χ0) is 11.9. The van der Waals surface area contributed by atoms with Crippen molar-refractivity contribution in [2.45, 2.75) is 32.1 Å². The molecule has 0 aromatic heterocycles. The highest BCUT2D eigenvalue weighted by atomic mass is 16.5. The number of hydrogen-bond acceptors (Lipinski definition) is 3. The fraction of sp³-hybridized carbons (Fsp3) is 1.00. The molecule has 2 aliphatic rings. The fourth-order valence-corrected chi connectivity index (χ4v) is 3.06. The Morgan fingerprint density at radius 2 is 2.12 bits per heavy atom. The molecule has 2 saturated heterocycles. The minimum atomic E-state index is 0.776. The molecule has 2 rings (SSSR count). The van der Waals surface area contributed by atoms with Gasteiger partial charge in [0.2, 0.25) is 0 Å². The maximum absolute atomic E-state index is 5.54. The minimum Gasteiger partial charge on any atom is -0.381 e. The topological polar surface area (TPSA) is 24.5 Å². The van der Waals surface area contributed by atoms with Gasteiger partial charge in [-0.05, 0) is 70.6 Å².